The summed E-state index contributed by atoms with van der Waals surface area (Å²) in [5.74, 6) is 0. The maximum Gasteiger partial charge on any atom is 0.120 e. The highest BCUT2D eigenvalue weighted by molar-refractivity contribution is 6.42. The summed E-state index contributed by atoms with van der Waals surface area (Å²) in [5.41, 5.74) is 6.02. The van der Waals surface area contributed by atoms with Crippen molar-refractivity contribution in [2.45, 2.75) is 6.04 Å². The van der Waals surface area contributed by atoms with Gasteiger partial charge in [-0.25, -0.2) is 0 Å². The largest absolute Gasteiger partial charge is 0.312 e. The van der Waals surface area contributed by atoms with Crippen LogP contribution in [-0.2, 0) is 0 Å². The van der Waals surface area contributed by atoms with Crippen molar-refractivity contribution >= 4 is 23.2 Å². The Morgan fingerprint density at radius 2 is 2.08 bits per heavy atom. The predicted octanol–water partition coefficient (Wildman–Crippen LogP) is 2.52. The normalized spacial score (nSPS) is 12.2. The Morgan fingerprint density at radius 1 is 1.42 bits per heavy atom. The van der Waals surface area contributed by atoms with E-state index in [0.29, 0.717) is 15.6 Å². The lowest BCUT2D eigenvalue weighted by atomic mass is 10.1. The second kappa shape index (κ2) is 3.77. The zero-order chi connectivity index (χ0) is 9.14. The fourth-order valence-corrected chi connectivity index (χ4v) is 1.26. The number of hydrogen-bond acceptors (Lipinski definition) is 2. The molecule has 0 unspecified atom stereocenters. The smallest absolute Gasteiger partial charge is 0.120 e. The topological polar surface area (TPSA) is 49.8 Å². The van der Waals surface area contributed by atoms with Gasteiger partial charge in [-0.05, 0) is 6.07 Å². The Morgan fingerprint density at radius 3 is 2.67 bits per heavy atom. The molecule has 0 amide bonds. The van der Waals surface area contributed by atoms with Gasteiger partial charge >= 0.3 is 0 Å². The van der Waals surface area contributed by atoms with Gasteiger partial charge in [-0.3, -0.25) is 0 Å². The minimum Gasteiger partial charge on any atom is -0.312 e. The van der Waals surface area contributed by atoms with Crippen molar-refractivity contribution in [3.05, 3.63) is 33.8 Å². The second-order valence-electron chi connectivity index (χ2n) is 2.25. The van der Waals surface area contributed by atoms with Crippen molar-refractivity contribution in [1.82, 2.24) is 0 Å². The van der Waals surface area contributed by atoms with E-state index in [1.165, 1.54) is 0 Å². The molecular formula is C8H6Cl2N2. The summed E-state index contributed by atoms with van der Waals surface area (Å²) in [4.78, 5) is 0. The fraction of sp³-hybridized carbons (Fsp3) is 0.125. The van der Waals surface area contributed by atoms with E-state index in [0.717, 1.165) is 0 Å². The molecule has 1 aromatic carbocycles. The Hall–Kier alpha value is -0.750. The summed E-state index contributed by atoms with van der Waals surface area (Å²) in [6, 6.07) is 6.21. The summed E-state index contributed by atoms with van der Waals surface area (Å²) in [5, 5.41) is 9.30. The monoisotopic (exact) mass is 200 g/mol. The maximum absolute atomic E-state index is 8.53. The molecule has 0 saturated heterocycles. The number of benzene rings is 1. The molecular weight excluding hydrogens is 195 g/mol. The van der Waals surface area contributed by atoms with Crippen LogP contribution in [0, 0.1) is 11.3 Å². The third-order valence-electron chi connectivity index (χ3n) is 1.46. The minimum atomic E-state index is -0.712. The van der Waals surface area contributed by atoms with Crippen molar-refractivity contribution in [3.63, 3.8) is 0 Å². The predicted molar refractivity (Wildman–Crippen MR) is 49.0 cm³/mol. The van der Waals surface area contributed by atoms with Gasteiger partial charge in [0, 0.05) is 5.56 Å². The lowest BCUT2D eigenvalue weighted by molar-refractivity contribution is 0.927. The van der Waals surface area contributed by atoms with Crippen LogP contribution in [0.4, 0.5) is 0 Å². The van der Waals surface area contributed by atoms with Crippen LogP contribution < -0.4 is 5.73 Å². The molecule has 0 saturated carbocycles. The highest BCUT2D eigenvalue weighted by Crippen LogP contribution is 2.28. The van der Waals surface area contributed by atoms with Crippen molar-refractivity contribution < 1.29 is 0 Å². The van der Waals surface area contributed by atoms with Crippen LogP contribution in [-0.4, -0.2) is 0 Å². The van der Waals surface area contributed by atoms with Crippen molar-refractivity contribution in [3.8, 4) is 6.07 Å². The molecule has 0 aromatic heterocycles. The van der Waals surface area contributed by atoms with Crippen LogP contribution >= 0.6 is 23.2 Å². The number of nitrogens with zero attached hydrogens (tertiary/aromatic N) is 1. The Bertz CT molecular complexity index is 330. The molecule has 62 valence electrons. The van der Waals surface area contributed by atoms with Crippen LogP contribution in [0.3, 0.4) is 0 Å². The average molecular weight is 201 g/mol. The molecule has 1 aromatic rings. The molecule has 0 radical (unpaired) electrons. The number of halogens is 2. The number of rotatable bonds is 1. The van der Waals surface area contributed by atoms with Gasteiger partial charge in [0.1, 0.15) is 6.04 Å². The molecule has 0 spiro atoms. The van der Waals surface area contributed by atoms with Gasteiger partial charge in [0.25, 0.3) is 0 Å². The zero-order valence-corrected chi connectivity index (χ0v) is 7.60. The van der Waals surface area contributed by atoms with Crippen molar-refractivity contribution in [1.29, 1.82) is 5.26 Å². The van der Waals surface area contributed by atoms with Gasteiger partial charge in [-0.2, -0.15) is 5.26 Å². The summed E-state index contributed by atoms with van der Waals surface area (Å²) in [6.07, 6.45) is 0. The van der Waals surface area contributed by atoms with E-state index < -0.39 is 6.04 Å². The van der Waals surface area contributed by atoms with E-state index in [2.05, 4.69) is 0 Å². The lowest BCUT2D eigenvalue weighted by Gasteiger charge is -2.05. The van der Waals surface area contributed by atoms with Crippen molar-refractivity contribution in [2.75, 3.05) is 0 Å². The molecule has 0 aliphatic heterocycles. The third kappa shape index (κ3) is 1.70. The Labute approximate surface area is 80.5 Å². The van der Waals surface area contributed by atoms with Crippen LogP contribution in [0.1, 0.15) is 11.6 Å². The first-order valence-corrected chi connectivity index (χ1v) is 4.01. The lowest BCUT2D eigenvalue weighted by Crippen LogP contribution is -2.07. The molecule has 0 fully saturated rings. The number of nitrogens with two attached hydrogens (primary N) is 1. The highest BCUT2D eigenvalue weighted by atomic mass is 35.5. The van der Waals surface area contributed by atoms with Crippen LogP contribution in [0.5, 0.6) is 0 Å². The quantitative estimate of drug-likeness (QED) is 0.758. The van der Waals surface area contributed by atoms with Gasteiger partial charge in [-0.1, -0.05) is 35.3 Å². The Kier molecular flexibility index (Phi) is 2.93. The van der Waals surface area contributed by atoms with E-state index in [1.54, 1.807) is 18.2 Å². The maximum atomic E-state index is 8.53. The molecule has 2 nitrogen and oxygen atoms in total. The standard InChI is InChI=1S/C8H6Cl2N2/c9-6-3-1-2-5(8(6)10)7(12)4-11/h1-3,7H,12H2/t7-/m1/s1. The van der Waals surface area contributed by atoms with E-state index in [-0.39, 0.29) is 0 Å². The fourth-order valence-electron chi connectivity index (χ4n) is 0.830. The molecule has 4 heteroatoms. The van der Waals surface area contributed by atoms with E-state index in [1.807, 2.05) is 6.07 Å². The van der Waals surface area contributed by atoms with Gasteiger partial charge < -0.3 is 5.73 Å². The average Bonchev–Trinajstić information content (AvgIpc) is 2.08. The van der Waals surface area contributed by atoms with Crippen LogP contribution in [0.2, 0.25) is 10.0 Å². The SMILES string of the molecule is N#C[C@@H](N)c1cccc(Cl)c1Cl. The second-order valence-corrected chi connectivity index (χ2v) is 3.03. The molecule has 1 atom stereocenters. The first kappa shape index (κ1) is 9.34. The molecule has 1 rings (SSSR count). The van der Waals surface area contributed by atoms with Gasteiger partial charge in [0.2, 0.25) is 0 Å². The first-order valence-electron chi connectivity index (χ1n) is 3.26. The summed E-state index contributed by atoms with van der Waals surface area (Å²) in [7, 11) is 0. The highest BCUT2D eigenvalue weighted by Gasteiger charge is 2.10. The van der Waals surface area contributed by atoms with Gasteiger partial charge in [-0.15, -0.1) is 0 Å². The van der Waals surface area contributed by atoms with E-state index in [4.69, 9.17) is 34.2 Å². The number of nitriles is 1. The molecule has 0 aliphatic carbocycles. The van der Waals surface area contributed by atoms with Gasteiger partial charge in [0.15, 0.2) is 0 Å². The van der Waals surface area contributed by atoms with Crippen molar-refractivity contribution in [2.24, 2.45) is 5.73 Å². The third-order valence-corrected chi connectivity index (χ3v) is 2.29. The molecule has 2 N–H and O–H groups in total. The number of hydrogen-bond donors (Lipinski definition) is 1. The Balaban J connectivity index is 3.18. The summed E-state index contributed by atoms with van der Waals surface area (Å²) < 4.78 is 0. The molecule has 12 heavy (non-hydrogen) atoms. The van der Waals surface area contributed by atoms with Crippen LogP contribution in [0.15, 0.2) is 18.2 Å². The summed E-state index contributed by atoms with van der Waals surface area (Å²) in [6.45, 7) is 0. The molecule has 0 bridgehead atoms. The molecule has 0 heterocycles. The van der Waals surface area contributed by atoms with Gasteiger partial charge in [0.05, 0.1) is 16.1 Å². The summed E-state index contributed by atoms with van der Waals surface area (Å²) >= 11 is 11.5. The van der Waals surface area contributed by atoms with E-state index in [9.17, 15) is 0 Å². The first-order chi connectivity index (χ1) is 5.66. The zero-order valence-electron chi connectivity index (χ0n) is 6.09. The molecule has 0 aliphatic rings. The minimum absolute atomic E-state index is 0.355. The van der Waals surface area contributed by atoms with Crippen LogP contribution in [0.25, 0.3) is 0 Å². The van der Waals surface area contributed by atoms with E-state index >= 15 is 0 Å².